The van der Waals surface area contributed by atoms with Gasteiger partial charge in [-0.25, -0.2) is 4.98 Å². The number of para-hydroxylation sites is 3. The van der Waals surface area contributed by atoms with Crippen LogP contribution in [0.5, 0.6) is 0 Å². The topological polar surface area (TPSA) is 53.5 Å². The summed E-state index contributed by atoms with van der Waals surface area (Å²) in [6, 6.07) is 73.5. The molecule has 63 heavy (non-hydrogen) atoms. The van der Waals surface area contributed by atoms with Gasteiger partial charge in [0.25, 0.3) is 0 Å². The summed E-state index contributed by atoms with van der Waals surface area (Å²) in [7, 11) is 0. The first-order valence-electron chi connectivity index (χ1n) is 21.3. The first-order chi connectivity index (χ1) is 31.3. The van der Waals surface area contributed by atoms with E-state index in [9.17, 15) is 0 Å². The zero-order chi connectivity index (χ0) is 41.4. The molecule has 294 valence electrons. The number of pyridine rings is 2. The third-order valence-corrected chi connectivity index (χ3v) is 12.5. The molecule has 0 fully saturated rings. The number of hydrogen-bond donors (Lipinski definition) is 0. The SMILES string of the molecule is c1ccc(-c2c(-c3ccccc3)n(-c3ccccc3)c3ccc(-c4nc5c6cccnc6c6ncccc6c5n4-c4ccc(-n5c6ccccc6c6ccccc65)cc4)cc23)cc1. The van der Waals surface area contributed by atoms with Gasteiger partial charge in [-0.1, -0.05) is 115 Å². The molecule has 6 heteroatoms. The van der Waals surface area contributed by atoms with E-state index in [0.717, 1.165) is 89.0 Å². The molecule has 0 aliphatic carbocycles. The first kappa shape index (κ1) is 35.2. The zero-order valence-electron chi connectivity index (χ0n) is 34.0. The molecule has 0 saturated carbocycles. The van der Waals surface area contributed by atoms with Gasteiger partial charge >= 0.3 is 0 Å². The standard InChI is InChI=1S/C57H36N6/c1-4-16-37(17-5-1)51-47-36-39(28-33-50(47)62(40-20-8-3-9-21-40)55(51)38-18-6-2-7-19-38)57-60-54-45-24-14-34-58-52(45)53-46(25-15-35-59-53)56(54)63(57)42-31-29-41(30-32-42)61-48-26-12-10-22-43(48)44-23-11-13-27-49(44)61/h1-36H. The Morgan fingerprint density at radius 3 is 1.49 bits per heavy atom. The fraction of sp³-hybridized carbons (Fsp3) is 0. The van der Waals surface area contributed by atoms with Crippen molar-refractivity contribution in [3.63, 3.8) is 0 Å². The molecule has 0 atom stereocenters. The van der Waals surface area contributed by atoms with Crippen molar-refractivity contribution in [2.45, 2.75) is 0 Å². The van der Waals surface area contributed by atoms with Gasteiger partial charge in [-0.15, -0.1) is 0 Å². The van der Waals surface area contributed by atoms with Crippen LogP contribution < -0.4 is 0 Å². The molecule has 0 saturated heterocycles. The van der Waals surface area contributed by atoms with Crippen LogP contribution in [0.1, 0.15) is 0 Å². The molecule has 0 unspecified atom stereocenters. The van der Waals surface area contributed by atoms with E-state index in [-0.39, 0.29) is 0 Å². The number of fused-ring (bicyclic) bond motifs is 10. The average molecular weight is 805 g/mol. The Bertz CT molecular complexity index is 3830. The van der Waals surface area contributed by atoms with Gasteiger partial charge in [0.15, 0.2) is 0 Å². The molecule has 0 amide bonds. The van der Waals surface area contributed by atoms with Crippen molar-refractivity contribution in [1.82, 2.24) is 28.7 Å². The highest BCUT2D eigenvalue weighted by atomic mass is 15.1. The van der Waals surface area contributed by atoms with Gasteiger partial charge in [0, 0.05) is 67.5 Å². The van der Waals surface area contributed by atoms with E-state index < -0.39 is 0 Å². The Morgan fingerprint density at radius 2 is 0.825 bits per heavy atom. The summed E-state index contributed by atoms with van der Waals surface area (Å²) in [5.41, 5.74) is 15.8. The third-order valence-electron chi connectivity index (χ3n) is 12.5. The van der Waals surface area contributed by atoms with E-state index in [0.29, 0.717) is 0 Å². The van der Waals surface area contributed by atoms with Crippen LogP contribution in [-0.2, 0) is 0 Å². The lowest BCUT2D eigenvalue weighted by atomic mass is 9.97. The lowest BCUT2D eigenvalue weighted by Gasteiger charge is -2.14. The van der Waals surface area contributed by atoms with Gasteiger partial charge in [-0.05, 0) is 102 Å². The predicted molar refractivity (Wildman–Crippen MR) is 259 cm³/mol. The molecule has 0 bridgehead atoms. The average Bonchev–Trinajstić information content (AvgIpc) is 4.04. The molecule has 8 aromatic carbocycles. The van der Waals surface area contributed by atoms with Crippen LogP contribution in [0.25, 0.3) is 116 Å². The number of rotatable bonds is 6. The number of nitrogens with zero attached hydrogens (tertiary/aromatic N) is 6. The van der Waals surface area contributed by atoms with Gasteiger partial charge in [-0.2, -0.15) is 0 Å². The van der Waals surface area contributed by atoms with Gasteiger partial charge < -0.3 is 9.13 Å². The summed E-state index contributed by atoms with van der Waals surface area (Å²) < 4.78 is 7.10. The highest BCUT2D eigenvalue weighted by Crippen LogP contribution is 2.45. The highest BCUT2D eigenvalue weighted by molar-refractivity contribution is 6.22. The molecule has 0 aliphatic heterocycles. The van der Waals surface area contributed by atoms with E-state index in [1.807, 2.05) is 24.5 Å². The molecule has 0 radical (unpaired) electrons. The molecule has 6 nitrogen and oxygen atoms in total. The fourth-order valence-electron chi connectivity index (χ4n) is 9.87. The lowest BCUT2D eigenvalue weighted by Crippen LogP contribution is -2.00. The molecule has 5 aromatic heterocycles. The van der Waals surface area contributed by atoms with Crippen molar-refractivity contribution >= 4 is 65.5 Å². The van der Waals surface area contributed by atoms with Crippen LogP contribution in [0, 0.1) is 0 Å². The maximum Gasteiger partial charge on any atom is 0.145 e. The number of aromatic nitrogens is 6. The van der Waals surface area contributed by atoms with Crippen LogP contribution in [0.4, 0.5) is 0 Å². The molecule has 5 heterocycles. The van der Waals surface area contributed by atoms with Crippen LogP contribution >= 0.6 is 0 Å². The monoisotopic (exact) mass is 804 g/mol. The molecular weight excluding hydrogens is 769 g/mol. The normalized spacial score (nSPS) is 11.8. The van der Waals surface area contributed by atoms with Crippen LogP contribution in [0.3, 0.4) is 0 Å². The van der Waals surface area contributed by atoms with Crippen molar-refractivity contribution in [2.24, 2.45) is 0 Å². The summed E-state index contributed by atoms with van der Waals surface area (Å²) >= 11 is 0. The number of benzene rings is 8. The third kappa shape index (κ3) is 5.35. The van der Waals surface area contributed by atoms with E-state index >= 15 is 0 Å². The van der Waals surface area contributed by atoms with Gasteiger partial charge in [0.05, 0.1) is 44.3 Å². The minimum atomic E-state index is 0.839. The largest absolute Gasteiger partial charge is 0.309 e. The first-order valence-corrected chi connectivity index (χ1v) is 21.3. The summed E-state index contributed by atoms with van der Waals surface area (Å²) in [5, 5.41) is 5.58. The number of hydrogen-bond acceptors (Lipinski definition) is 3. The Hall–Kier alpha value is -8.61. The molecule has 13 rings (SSSR count). The molecular formula is C57H36N6. The van der Waals surface area contributed by atoms with Crippen molar-refractivity contribution in [2.75, 3.05) is 0 Å². The Labute approximate surface area is 362 Å². The predicted octanol–water partition coefficient (Wildman–Crippen LogP) is 14.2. The summed E-state index contributed by atoms with van der Waals surface area (Å²) in [6.07, 6.45) is 3.69. The Kier molecular flexibility index (Phi) is 7.80. The summed E-state index contributed by atoms with van der Waals surface area (Å²) in [5.74, 6) is 0.839. The maximum atomic E-state index is 5.63. The smallest absolute Gasteiger partial charge is 0.145 e. The molecule has 13 aromatic rings. The van der Waals surface area contributed by atoms with Gasteiger partial charge in [0.2, 0.25) is 0 Å². The number of imidazole rings is 1. The highest BCUT2D eigenvalue weighted by Gasteiger charge is 2.25. The second kappa shape index (κ2) is 14.0. The van der Waals surface area contributed by atoms with E-state index in [2.05, 4.69) is 208 Å². The minimum Gasteiger partial charge on any atom is -0.309 e. The van der Waals surface area contributed by atoms with Gasteiger partial charge in [0.1, 0.15) is 5.82 Å². The van der Waals surface area contributed by atoms with Crippen molar-refractivity contribution in [1.29, 1.82) is 0 Å². The fourth-order valence-corrected chi connectivity index (χ4v) is 9.87. The Morgan fingerprint density at radius 1 is 0.317 bits per heavy atom. The van der Waals surface area contributed by atoms with Crippen molar-refractivity contribution in [3.8, 4) is 50.8 Å². The second-order valence-electron chi connectivity index (χ2n) is 16.0. The molecule has 0 N–H and O–H groups in total. The van der Waals surface area contributed by atoms with Crippen LogP contribution in [-0.4, -0.2) is 28.7 Å². The molecule has 0 aliphatic rings. The maximum absolute atomic E-state index is 5.63. The quantitative estimate of drug-likeness (QED) is 0.157. The second-order valence-corrected chi connectivity index (χ2v) is 16.0. The molecule has 0 spiro atoms. The van der Waals surface area contributed by atoms with Gasteiger partial charge in [-0.3, -0.25) is 14.5 Å². The van der Waals surface area contributed by atoms with E-state index in [1.54, 1.807) is 0 Å². The van der Waals surface area contributed by atoms with E-state index in [1.165, 1.54) is 27.4 Å². The summed E-state index contributed by atoms with van der Waals surface area (Å²) in [4.78, 5) is 15.4. The van der Waals surface area contributed by atoms with Crippen LogP contribution in [0.2, 0.25) is 0 Å². The lowest BCUT2D eigenvalue weighted by molar-refractivity contribution is 1.10. The van der Waals surface area contributed by atoms with E-state index in [4.69, 9.17) is 15.0 Å². The van der Waals surface area contributed by atoms with Crippen molar-refractivity contribution < 1.29 is 0 Å². The summed E-state index contributed by atoms with van der Waals surface area (Å²) in [6.45, 7) is 0. The van der Waals surface area contributed by atoms with Crippen molar-refractivity contribution in [3.05, 3.63) is 219 Å². The van der Waals surface area contributed by atoms with Crippen LogP contribution in [0.15, 0.2) is 219 Å². The Balaban J connectivity index is 1.11. The zero-order valence-corrected chi connectivity index (χ0v) is 34.0. The minimum absolute atomic E-state index is 0.839.